The predicted molar refractivity (Wildman–Crippen MR) is 85.2 cm³/mol. The minimum Gasteiger partial charge on any atom is -0.497 e. The van der Waals surface area contributed by atoms with Crippen LogP contribution in [-0.2, 0) is 6.54 Å². The predicted octanol–water partition coefficient (Wildman–Crippen LogP) is 3.17. The molecular weight excluding hydrogens is 278 g/mol. The van der Waals surface area contributed by atoms with Crippen molar-refractivity contribution in [1.82, 2.24) is 4.90 Å². The van der Waals surface area contributed by atoms with Crippen molar-refractivity contribution in [1.29, 1.82) is 0 Å². The van der Waals surface area contributed by atoms with Crippen LogP contribution in [0.1, 0.15) is 33.2 Å². The lowest BCUT2D eigenvalue weighted by atomic mass is 10.1. The third kappa shape index (κ3) is 3.73. The Hall–Kier alpha value is -2.62. The van der Waals surface area contributed by atoms with Crippen molar-refractivity contribution in [3.8, 4) is 5.75 Å². The molecule has 2 aromatic rings. The normalized spacial score (nSPS) is 10.1. The number of carbonyl (C=O) groups is 2. The first-order valence-electron chi connectivity index (χ1n) is 7.00. The molecule has 0 bridgehead atoms. The minimum absolute atomic E-state index is 0.00872. The van der Waals surface area contributed by atoms with E-state index >= 15 is 0 Å². The molecule has 0 unspecified atom stereocenters. The zero-order valence-corrected chi connectivity index (χ0v) is 13.0. The lowest BCUT2D eigenvalue weighted by Crippen LogP contribution is -2.26. The molecule has 2 aromatic carbocycles. The van der Waals surface area contributed by atoms with Gasteiger partial charge in [0.05, 0.1) is 7.11 Å². The monoisotopic (exact) mass is 297 g/mol. The molecule has 1 amide bonds. The van der Waals surface area contributed by atoms with Crippen LogP contribution >= 0.6 is 0 Å². The van der Waals surface area contributed by atoms with E-state index in [1.54, 1.807) is 43.3 Å². The molecule has 4 nitrogen and oxygen atoms in total. The molecule has 0 saturated carbocycles. The first-order chi connectivity index (χ1) is 10.5. The van der Waals surface area contributed by atoms with Gasteiger partial charge in [0.1, 0.15) is 5.75 Å². The summed E-state index contributed by atoms with van der Waals surface area (Å²) < 4.78 is 5.11. The number of amides is 1. The van der Waals surface area contributed by atoms with Gasteiger partial charge in [0.25, 0.3) is 5.91 Å². The van der Waals surface area contributed by atoms with Gasteiger partial charge in [0.15, 0.2) is 5.78 Å². The van der Waals surface area contributed by atoms with Gasteiger partial charge in [-0.05, 0) is 36.8 Å². The number of hydrogen-bond donors (Lipinski definition) is 0. The zero-order chi connectivity index (χ0) is 16.1. The standard InChI is InChI=1S/C18H19NO3/c1-13(20)15-6-8-16(9-7-15)18(21)19(2)12-14-4-10-17(22-3)11-5-14/h4-11H,12H2,1-3H3. The van der Waals surface area contributed by atoms with Crippen LogP contribution in [0.5, 0.6) is 5.75 Å². The highest BCUT2D eigenvalue weighted by Crippen LogP contribution is 2.14. The Morgan fingerprint density at radius 2 is 1.50 bits per heavy atom. The van der Waals surface area contributed by atoms with Crippen molar-refractivity contribution in [2.24, 2.45) is 0 Å². The summed E-state index contributed by atoms with van der Waals surface area (Å²) in [5.41, 5.74) is 2.20. The number of ether oxygens (including phenoxy) is 1. The van der Waals surface area contributed by atoms with Gasteiger partial charge < -0.3 is 9.64 Å². The van der Waals surface area contributed by atoms with Crippen LogP contribution in [0.15, 0.2) is 48.5 Å². The largest absolute Gasteiger partial charge is 0.497 e. The maximum absolute atomic E-state index is 12.4. The van der Waals surface area contributed by atoms with Gasteiger partial charge in [0.2, 0.25) is 0 Å². The summed E-state index contributed by atoms with van der Waals surface area (Å²) in [6.07, 6.45) is 0. The first kappa shape index (κ1) is 15.8. The van der Waals surface area contributed by atoms with Crippen molar-refractivity contribution in [2.45, 2.75) is 13.5 Å². The van der Waals surface area contributed by atoms with Crippen LogP contribution in [0, 0.1) is 0 Å². The second-order valence-corrected chi connectivity index (χ2v) is 5.14. The van der Waals surface area contributed by atoms with Gasteiger partial charge >= 0.3 is 0 Å². The molecule has 0 aliphatic heterocycles. The average molecular weight is 297 g/mol. The lowest BCUT2D eigenvalue weighted by molar-refractivity contribution is 0.0784. The fourth-order valence-corrected chi connectivity index (χ4v) is 2.14. The second-order valence-electron chi connectivity index (χ2n) is 5.14. The summed E-state index contributed by atoms with van der Waals surface area (Å²) >= 11 is 0. The van der Waals surface area contributed by atoms with Gasteiger partial charge in [-0.1, -0.05) is 24.3 Å². The van der Waals surface area contributed by atoms with E-state index in [1.165, 1.54) is 6.92 Å². The average Bonchev–Trinajstić information content (AvgIpc) is 2.55. The smallest absolute Gasteiger partial charge is 0.253 e. The van der Waals surface area contributed by atoms with E-state index in [9.17, 15) is 9.59 Å². The number of carbonyl (C=O) groups excluding carboxylic acids is 2. The maximum atomic E-state index is 12.4. The van der Waals surface area contributed by atoms with E-state index in [-0.39, 0.29) is 11.7 Å². The van der Waals surface area contributed by atoms with Crippen LogP contribution in [0.25, 0.3) is 0 Å². The van der Waals surface area contributed by atoms with Crippen molar-refractivity contribution in [3.63, 3.8) is 0 Å². The molecule has 0 N–H and O–H groups in total. The van der Waals surface area contributed by atoms with Crippen LogP contribution in [0.2, 0.25) is 0 Å². The van der Waals surface area contributed by atoms with Gasteiger partial charge in [-0.3, -0.25) is 9.59 Å². The Kier molecular flexibility index (Phi) is 4.94. The first-order valence-corrected chi connectivity index (χ1v) is 7.00. The zero-order valence-electron chi connectivity index (χ0n) is 13.0. The van der Waals surface area contributed by atoms with Crippen LogP contribution < -0.4 is 4.74 Å². The van der Waals surface area contributed by atoms with Gasteiger partial charge in [-0.2, -0.15) is 0 Å². The molecule has 0 spiro atoms. The molecule has 0 saturated heterocycles. The summed E-state index contributed by atoms with van der Waals surface area (Å²) in [6, 6.07) is 14.3. The van der Waals surface area contributed by atoms with E-state index in [1.807, 2.05) is 24.3 Å². The van der Waals surface area contributed by atoms with Crippen molar-refractivity contribution < 1.29 is 14.3 Å². The van der Waals surface area contributed by atoms with E-state index < -0.39 is 0 Å². The molecule has 114 valence electrons. The minimum atomic E-state index is -0.0779. The Morgan fingerprint density at radius 3 is 2.00 bits per heavy atom. The molecule has 2 rings (SSSR count). The van der Waals surface area contributed by atoms with Crippen molar-refractivity contribution >= 4 is 11.7 Å². The fraction of sp³-hybridized carbons (Fsp3) is 0.222. The molecule has 0 aliphatic rings. The molecule has 0 fully saturated rings. The highest BCUT2D eigenvalue weighted by molar-refractivity contribution is 5.97. The molecule has 4 heteroatoms. The molecule has 0 aromatic heterocycles. The van der Waals surface area contributed by atoms with E-state index in [0.29, 0.717) is 17.7 Å². The number of ketones is 1. The van der Waals surface area contributed by atoms with Crippen LogP contribution in [0.4, 0.5) is 0 Å². The van der Waals surface area contributed by atoms with E-state index in [0.717, 1.165) is 11.3 Å². The number of rotatable bonds is 5. The third-order valence-corrected chi connectivity index (χ3v) is 3.46. The van der Waals surface area contributed by atoms with Crippen molar-refractivity contribution in [2.75, 3.05) is 14.2 Å². The molecule has 22 heavy (non-hydrogen) atoms. The molecule has 0 heterocycles. The number of Topliss-reactive ketones (excluding diaryl/α,β-unsaturated/α-hetero) is 1. The molecule has 0 aliphatic carbocycles. The highest BCUT2D eigenvalue weighted by atomic mass is 16.5. The number of nitrogens with zero attached hydrogens (tertiary/aromatic N) is 1. The maximum Gasteiger partial charge on any atom is 0.253 e. The van der Waals surface area contributed by atoms with Crippen LogP contribution in [-0.4, -0.2) is 30.7 Å². The second kappa shape index (κ2) is 6.89. The summed E-state index contributed by atoms with van der Waals surface area (Å²) in [5, 5.41) is 0. The highest BCUT2D eigenvalue weighted by Gasteiger charge is 2.12. The topological polar surface area (TPSA) is 46.6 Å². The summed E-state index contributed by atoms with van der Waals surface area (Å²) in [4.78, 5) is 25.3. The Balaban J connectivity index is 2.06. The quantitative estimate of drug-likeness (QED) is 0.796. The summed E-state index contributed by atoms with van der Waals surface area (Å²) in [7, 11) is 3.38. The Labute approximate surface area is 130 Å². The fourth-order valence-electron chi connectivity index (χ4n) is 2.14. The number of benzene rings is 2. The Bertz CT molecular complexity index is 660. The van der Waals surface area contributed by atoms with E-state index in [2.05, 4.69) is 0 Å². The summed E-state index contributed by atoms with van der Waals surface area (Å²) in [5.74, 6) is 0.703. The number of methoxy groups -OCH3 is 1. The van der Waals surface area contributed by atoms with Gasteiger partial charge in [-0.25, -0.2) is 0 Å². The van der Waals surface area contributed by atoms with E-state index in [4.69, 9.17) is 4.74 Å². The van der Waals surface area contributed by atoms with Crippen LogP contribution in [0.3, 0.4) is 0 Å². The SMILES string of the molecule is COc1ccc(CN(C)C(=O)c2ccc(C(C)=O)cc2)cc1. The van der Waals surface area contributed by atoms with Crippen molar-refractivity contribution in [3.05, 3.63) is 65.2 Å². The lowest BCUT2D eigenvalue weighted by Gasteiger charge is -2.17. The molecular formula is C18H19NO3. The third-order valence-electron chi connectivity index (χ3n) is 3.46. The molecule has 0 atom stereocenters. The summed E-state index contributed by atoms with van der Waals surface area (Å²) in [6.45, 7) is 2.02. The van der Waals surface area contributed by atoms with Gasteiger partial charge in [-0.15, -0.1) is 0 Å². The molecule has 0 radical (unpaired) electrons. The Morgan fingerprint density at radius 1 is 0.955 bits per heavy atom. The van der Waals surface area contributed by atoms with Gasteiger partial charge in [0, 0.05) is 24.7 Å². The number of hydrogen-bond acceptors (Lipinski definition) is 3.